The first-order chi connectivity index (χ1) is 19.0. The SMILES string of the molecule is Cc1oc([C@@H](Cc2cn(C)c3ccccc23)NC(=O)[C@@H](C(=O)ON(C)c2ccccc2F)C(C)C)nc1C(=O)O. The highest BCUT2D eigenvalue weighted by atomic mass is 19.1. The van der Waals surface area contributed by atoms with Gasteiger partial charge in [-0.05, 0) is 36.6 Å². The summed E-state index contributed by atoms with van der Waals surface area (Å²) >= 11 is 0. The molecule has 2 heterocycles. The maximum Gasteiger partial charge on any atom is 0.358 e. The highest BCUT2D eigenvalue weighted by Crippen LogP contribution is 2.28. The van der Waals surface area contributed by atoms with Crippen LogP contribution in [-0.4, -0.2) is 39.6 Å². The van der Waals surface area contributed by atoms with Crippen LogP contribution >= 0.6 is 0 Å². The monoisotopic (exact) mass is 550 g/mol. The molecule has 0 spiro atoms. The topological polar surface area (TPSA) is 127 Å². The summed E-state index contributed by atoms with van der Waals surface area (Å²) in [5.41, 5.74) is 1.60. The molecule has 1 amide bonds. The maximum absolute atomic E-state index is 14.2. The van der Waals surface area contributed by atoms with Gasteiger partial charge >= 0.3 is 11.9 Å². The summed E-state index contributed by atoms with van der Waals surface area (Å²) in [7, 11) is 3.27. The fraction of sp³-hybridized carbons (Fsp3) is 0.310. The van der Waals surface area contributed by atoms with Crippen LogP contribution in [0.3, 0.4) is 0 Å². The van der Waals surface area contributed by atoms with Crippen LogP contribution in [-0.2, 0) is 27.9 Å². The second-order valence-corrected chi connectivity index (χ2v) is 9.89. The highest BCUT2D eigenvalue weighted by molar-refractivity contribution is 5.98. The molecule has 0 aliphatic carbocycles. The Bertz CT molecular complexity index is 1560. The van der Waals surface area contributed by atoms with Gasteiger partial charge in [-0.15, -0.1) is 0 Å². The third-order valence-corrected chi connectivity index (χ3v) is 6.66. The number of aryl methyl sites for hydroxylation is 2. The zero-order valence-corrected chi connectivity index (χ0v) is 22.8. The zero-order chi connectivity index (χ0) is 29.1. The van der Waals surface area contributed by atoms with Crippen LogP contribution in [0.2, 0.25) is 0 Å². The van der Waals surface area contributed by atoms with E-state index in [2.05, 4.69) is 10.3 Å². The van der Waals surface area contributed by atoms with Gasteiger partial charge < -0.3 is 24.2 Å². The van der Waals surface area contributed by atoms with Crippen molar-refractivity contribution in [1.29, 1.82) is 0 Å². The fourth-order valence-electron chi connectivity index (χ4n) is 4.66. The van der Waals surface area contributed by atoms with E-state index in [1.807, 2.05) is 42.1 Å². The minimum Gasteiger partial charge on any atom is -0.476 e. The van der Waals surface area contributed by atoms with Gasteiger partial charge in [0, 0.05) is 37.6 Å². The molecule has 0 aliphatic heterocycles. The predicted octanol–water partition coefficient (Wildman–Crippen LogP) is 4.58. The van der Waals surface area contributed by atoms with Crippen LogP contribution in [0, 0.1) is 24.6 Å². The number of benzene rings is 2. The van der Waals surface area contributed by atoms with Crippen molar-refractivity contribution < 1.29 is 33.1 Å². The lowest BCUT2D eigenvalue weighted by molar-refractivity contribution is -0.155. The van der Waals surface area contributed by atoms with E-state index in [-0.39, 0.29) is 29.5 Å². The molecule has 0 bridgehead atoms. The average molecular weight is 551 g/mol. The van der Waals surface area contributed by atoms with Gasteiger partial charge in [0.15, 0.2) is 5.69 Å². The van der Waals surface area contributed by atoms with Crippen molar-refractivity contribution in [3.63, 3.8) is 0 Å². The largest absolute Gasteiger partial charge is 0.476 e. The van der Waals surface area contributed by atoms with Gasteiger partial charge in [-0.3, -0.25) is 4.79 Å². The Morgan fingerprint density at radius 3 is 2.48 bits per heavy atom. The number of rotatable bonds is 10. The van der Waals surface area contributed by atoms with E-state index in [4.69, 9.17) is 9.25 Å². The standard InChI is InChI=1S/C29H31FN4O6/c1-16(2)24(29(38)40-34(5)23-13-9-7-11-20(23)30)26(35)31-21(27-32-25(28(36)37)17(3)39-27)14-18-15-33(4)22-12-8-6-10-19(18)22/h6-13,15-16,21,24H,14H2,1-5H3,(H,31,35)(H,36,37)/t21-,24+/m1/s1. The Balaban J connectivity index is 1.63. The second-order valence-electron chi connectivity index (χ2n) is 9.89. The first-order valence-corrected chi connectivity index (χ1v) is 12.7. The van der Waals surface area contributed by atoms with Crippen molar-refractivity contribution in [3.8, 4) is 0 Å². The average Bonchev–Trinajstić information content (AvgIpc) is 3.43. The molecule has 0 saturated carbocycles. The Labute approximate surface area is 230 Å². The molecule has 2 aromatic carbocycles. The number of nitrogens with zero attached hydrogens (tertiary/aromatic N) is 3. The van der Waals surface area contributed by atoms with Crippen molar-refractivity contribution >= 4 is 34.4 Å². The lowest BCUT2D eigenvalue weighted by atomic mass is 9.94. The molecule has 4 aromatic rings. The highest BCUT2D eigenvalue weighted by Gasteiger charge is 2.36. The first kappa shape index (κ1) is 28.3. The molecule has 0 unspecified atom stereocenters. The lowest BCUT2D eigenvalue weighted by Gasteiger charge is -2.25. The quantitative estimate of drug-likeness (QED) is 0.217. The number of hydrogen-bond donors (Lipinski definition) is 2. The Morgan fingerprint density at radius 1 is 1.15 bits per heavy atom. The number of carboxylic acid groups (broad SMARTS) is 1. The van der Waals surface area contributed by atoms with E-state index in [1.165, 1.54) is 32.2 Å². The van der Waals surface area contributed by atoms with Gasteiger partial charge in [0.1, 0.15) is 29.2 Å². The molecule has 2 N–H and O–H groups in total. The molecule has 11 heteroatoms. The second kappa shape index (κ2) is 11.6. The number of anilines is 1. The number of aromatic nitrogens is 2. The van der Waals surface area contributed by atoms with E-state index in [0.717, 1.165) is 21.5 Å². The minimum absolute atomic E-state index is 0.00414. The Morgan fingerprint density at radius 2 is 1.82 bits per heavy atom. The number of carbonyl (C=O) groups excluding carboxylic acids is 2. The molecule has 210 valence electrons. The Hall–Kier alpha value is -4.67. The van der Waals surface area contributed by atoms with Crippen molar-refractivity contribution in [1.82, 2.24) is 14.9 Å². The molecule has 0 fully saturated rings. The summed E-state index contributed by atoms with van der Waals surface area (Å²) in [6.45, 7) is 4.85. The van der Waals surface area contributed by atoms with Crippen LogP contribution in [0.1, 0.15) is 47.6 Å². The molecule has 2 atom stereocenters. The van der Waals surface area contributed by atoms with E-state index in [1.54, 1.807) is 19.9 Å². The van der Waals surface area contributed by atoms with E-state index in [0.29, 0.717) is 0 Å². The number of carboxylic acids is 1. The minimum atomic E-state index is -1.26. The molecular weight excluding hydrogens is 519 g/mol. The number of oxazole rings is 1. The normalized spacial score (nSPS) is 12.8. The Kier molecular flexibility index (Phi) is 8.22. The number of hydroxylamine groups is 1. The summed E-state index contributed by atoms with van der Waals surface area (Å²) in [6, 6.07) is 12.6. The molecular formula is C29H31FN4O6. The molecule has 40 heavy (non-hydrogen) atoms. The van der Waals surface area contributed by atoms with Crippen LogP contribution in [0.4, 0.5) is 10.1 Å². The first-order valence-electron chi connectivity index (χ1n) is 12.7. The van der Waals surface area contributed by atoms with Gasteiger partial charge in [0.05, 0.1) is 0 Å². The lowest BCUT2D eigenvalue weighted by Crippen LogP contribution is -2.43. The van der Waals surface area contributed by atoms with Crippen molar-refractivity contribution in [2.24, 2.45) is 18.9 Å². The van der Waals surface area contributed by atoms with Gasteiger partial charge in [-0.2, -0.15) is 0 Å². The fourth-order valence-corrected chi connectivity index (χ4v) is 4.66. The number of aromatic carboxylic acids is 1. The smallest absolute Gasteiger partial charge is 0.358 e. The van der Waals surface area contributed by atoms with Crippen LogP contribution in [0.15, 0.2) is 59.1 Å². The molecule has 0 radical (unpaired) electrons. The summed E-state index contributed by atoms with van der Waals surface area (Å²) in [6.07, 6.45) is 2.12. The molecule has 4 rings (SSSR count). The van der Waals surface area contributed by atoms with Gasteiger partial charge in [-0.25, -0.2) is 24.0 Å². The van der Waals surface area contributed by atoms with Gasteiger partial charge in [0.2, 0.25) is 11.8 Å². The number of carbonyl (C=O) groups is 3. The van der Waals surface area contributed by atoms with Gasteiger partial charge in [0.25, 0.3) is 0 Å². The van der Waals surface area contributed by atoms with Crippen molar-refractivity contribution in [2.45, 2.75) is 33.2 Å². The van der Waals surface area contributed by atoms with Gasteiger partial charge in [-0.1, -0.05) is 44.2 Å². The third-order valence-electron chi connectivity index (χ3n) is 6.66. The molecule has 10 nitrogen and oxygen atoms in total. The summed E-state index contributed by atoms with van der Waals surface area (Å²) in [5.74, 6) is -5.06. The summed E-state index contributed by atoms with van der Waals surface area (Å²) in [5, 5.41) is 14.3. The number of fused-ring (bicyclic) bond motifs is 1. The van der Waals surface area contributed by atoms with Crippen LogP contribution in [0.25, 0.3) is 10.9 Å². The molecule has 2 aromatic heterocycles. The molecule has 0 aliphatic rings. The number of para-hydroxylation sites is 2. The number of amides is 1. The predicted molar refractivity (Wildman–Crippen MR) is 145 cm³/mol. The zero-order valence-electron chi connectivity index (χ0n) is 22.8. The van der Waals surface area contributed by atoms with Crippen molar-refractivity contribution in [2.75, 3.05) is 12.1 Å². The maximum atomic E-state index is 14.2. The number of hydrogen-bond acceptors (Lipinski definition) is 7. The summed E-state index contributed by atoms with van der Waals surface area (Å²) < 4.78 is 21.8. The number of halogens is 1. The number of nitrogens with one attached hydrogen (secondary N) is 1. The van der Waals surface area contributed by atoms with E-state index >= 15 is 0 Å². The van der Waals surface area contributed by atoms with E-state index < -0.39 is 41.5 Å². The van der Waals surface area contributed by atoms with Crippen molar-refractivity contribution in [3.05, 3.63) is 83.5 Å². The van der Waals surface area contributed by atoms with E-state index in [9.17, 15) is 23.9 Å². The third kappa shape index (κ3) is 5.83. The van der Waals surface area contributed by atoms with Crippen LogP contribution < -0.4 is 10.4 Å². The molecule has 0 saturated heterocycles. The van der Waals surface area contributed by atoms with Crippen LogP contribution in [0.5, 0.6) is 0 Å². The summed E-state index contributed by atoms with van der Waals surface area (Å²) in [4.78, 5) is 47.9.